The third-order valence-electron chi connectivity index (χ3n) is 4.19. The number of ether oxygens (including phenoxy) is 1. The van der Waals surface area contributed by atoms with Crippen molar-refractivity contribution in [3.05, 3.63) is 30.3 Å². The third kappa shape index (κ3) is 4.53. The van der Waals surface area contributed by atoms with Crippen LogP contribution in [0.4, 0.5) is 0 Å². The fourth-order valence-corrected chi connectivity index (χ4v) is 4.06. The van der Waals surface area contributed by atoms with Crippen molar-refractivity contribution in [2.45, 2.75) is 29.8 Å². The zero-order valence-corrected chi connectivity index (χ0v) is 14.2. The van der Waals surface area contributed by atoms with E-state index in [0.717, 1.165) is 13.1 Å². The van der Waals surface area contributed by atoms with E-state index >= 15 is 0 Å². The summed E-state index contributed by atoms with van der Waals surface area (Å²) in [6.07, 6.45) is 1.62. The maximum atomic E-state index is 12.3. The van der Waals surface area contributed by atoms with E-state index in [1.165, 1.54) is 0 Å². The molecule has 0 bridgehead atoms. The Morgan fingerprint density at radius 3 is 2.52 bits per heavy atom. The van der Waals surface area contributed by atoms with E-state index < -0.39 is 15.4 Å². The predicted octanol–water partition coefficient (Wildman–Crippen LogP) is 0.735. The molecule has 2 N–H and O–H groups in total. The second-order valence-corrected chi connectivity index (χ2v) is 7.80. The predicted molar refractivity (Wildman–Crippen MR) is 88.0 cm³/mol. The molecule has 0 spiro atoms. The Labute approximate surface area is 137 Å². The van der Waals surface area contributed by atoms with Crippen LogP contribution < -0.4 is 10.6 Å². The summed E-state index contributed by atoms with van der Waals surface area (Å²) < 4.78 is 29.7. The van der Waals surface area contributed by atoms with Gasteiger partial charge in [0.05, 0.1) is 10.6 Å². The van der Waals surface area contributed by atoms with E-state index in [0.29, 0.717) is 30.7 Å². The van der Waals surface area contributed by atoms with Gasteiger partial charge in [0, 0.05) is 13.7 Å². The summed E-state index contributed by atoms with van der Waals surface area (Å²) in [5.74, 6) is -0.141. The number of carbonyl (C=O) groups excluding carboxylic acids is 1. The normalized spacial score (nSPS) is 17.6. The van der Waals surface area contributed by atoms with Crippen molar-refractivity contribution in [2.75, 3.05) is 32.5 Å². The Morgan fingerprint density at radius 1 is 1.26 bits per heavy atom. The standard InChI is InChI=1S/C16H24N2O4S/c1-22-16(8-11-17-12-9-16)15(19)18-10-5-13-23(20,21)14-6-3-2-4-7-14/h2-4,6-7,17H,5,8-13H2,1H3,(H,18,19). The fourth-order valence-electron chi connectivity index (χ4n) is 2.73. The second-order valence-electron chi connectivity index (χ2n) is 5.69. The zero-order chi connectivity index (χ0) is 16.8. The number of piperidine rings is 1. The summed E-state index contributed by atoms with van der Waals surface area (Å²) in [4.78, 5) is 12.6. The molecule has 0 saturated carbocycles. The van der Waals surface area contributed by atoms with Crippen LogP contribution in [-0.4, -0.2) is 52.4 Å². The van der Waals surface area contributed by atoms with Crippen LogP contribution >= 0.6 is 0 Å². The molecule has 2 rings (SSSR count). The number of hydrogen-bond acceptors (Lipinski definition) is 5. The van der Waals surface area contributed by atoms with Crippen LogP contribution in [0.2, 0.25) is 0 Å². The first kappa shape index (κ1) is 17.9. The smallest absolute Gasteiger partial charge is 0.252 e. The molecule has 6 nitrogen and oxygen atoms in total. The topological polar surface area (TPSA) is 84.5 Å². The van der Waals surface area contributed by atoms with Crippen molar-refractivity contribution in [3.8, 4) is 0 Å². The number of nitrogens with one attached hydrogen (secondary N) is 2. The highest BCUT2D eigenvalue weighted by molar-refractivity contribution is 7.91. The minimum absolute atomic E-state index is 0.0127. The molecule has 7 heteroatoms. The summed E-state index contributed by atoms with van der Waals surface area (Å²) in [6.45, 7) is 1.80. The van der Waals surface area contributed by atoms with E-state index in [-0.39, 0.29) is 11.7 Å². The van der Waals surface area contributed by atoms with Crippen LogP contribution in [0.25, 0.3) is 0 Å². The van der Waals surface area contributed by atoms with E-state index in [1.54, 1.807) is 37.4 Å². The van der Waals surface area contributed by atoms with E-state index in [4.69, 9.17) is 4.74 Å². The molecule has 0 unspecified atom stereocenters. The van der Waals surface area contributed by atoms with Gasteiger partial charge >= 0.3 is 0 Å². The molecule has 0 radical (unpaired) electrons. The molecule has 128 valence electrons. The molecule has 1 saturated heterocycles. The summed E-state index contributed by atoms with van der Waals surface area (Å²) in [5, 5.41) is 6.01. The molecule has 0 aliphatic carbocycles. The molecule has 1 amide bonds. The van der Waals surface area contributed by atoms with Crippen LogP contribution in [0.15, 0.2) is 35.2 Å². The van der Waals surface area contributed by atoms with Crippen molar-refractivity contribution >= 4 is 15.7 Å². The second kappa shape index (κ2) is 7.90. The molecule has 1 aromatic carbocycles. The molecular formula is C16H24N2O4S. The molecular weight excluding hydrogens is 316 g/mol. The summed E-state index contributed by atoms with van der Waals surface area (Å²) in [5.41, 5.74) is -0.788. The van der Waals surface area contributed by atoms with Crippen LogP contribution in [0, 0.1) is 0 Å². The van der Waals surface area contributed by atoms with Crippen LogP contribution in [-0.2, 0) is 19.4 Å². The Hall–Kier alpha value is -1.44. The van der Waals surface area contributed by atoms with Gasteiger partial charge in [0.2, 0.25) is 0 Å². The number of methoxy groups -OCH3 is 1. The Bertz CT molecular complexity index is 610. The lowest BCUT2D eigenvalue weighted by Gasteiger charge is -2.34. The van der Waals surface area contributed by atoms with Crippen LogP contribution in [0.1, 0.15) is 19.3 Å². The number of benzene rings is 1. The molecule has 1 fully saturated rings. The zero-order valence-electron chi connectivity index (χ0n) is 13.4. The fraction of sp³-hybridized carbons (Fsp3) is 0.562. The number of carbonyl (C=O) groups is 1. The van der Waals surface area contributed by atoms with Gasteiger partial charge in [-0.05, 0) is 44.5 Å². The summed E-state index contributed by atoms with van der Waals surface area (Å²) in [7, 11) is -1.75. The van der Waals surface area contributed by atoms with Gasteiger partial charge in [-0.2, -0.15) is 0 Å². The van der Waals surface area contributed by atoms with Gasteiger partial charge in [0.1, 0.15) is 5.60 Å². The van der Waals surface area contributed by atoms with E-state index in [2.05, 4.69) is 10.6 Å². The van der Waals surface area contributed by atoms with Crippen molar-refractivity contribution in [2.24, 2.45) is 0 Å². The SMILES string of the molecule is COC1(C(=O)NCCCS(=O)(=O)c2ccccc2)CCNCC1. The Morgan fingerprint density at radius 2 is 1.91 bits per heavy atom. The van der Waals surface area contributed by atoms with Gasteiger partial charge in [-0.15, -0.1) is 0 Å². The Kier molecular flexibility index (Phi) is 6.15. The first-order valence-electron chi connectivity index (χ1n) is 7.82. The minimum atomic E-state index is -3.30. The molecule has 1 aliphatic rings. The minimum Gasteiger partial charge on any atom is -0.368 e. The van der Waals surface area contributed by atoms with Crippen LogP contribution in [0.3, 0.4) is 0 Å². The third-order valence-corrected chi connectivity index (χ3v) is 6.01. The van der Waals surface area contributed by atoms with Crippen molar-refractivity contribution in [1.82, 2.24) is 10.6 Å². The van der Waals surface area contributed by atoms with Crippen LogP contribution in [0.5, 0.6) is 0 Å². The van der Waals surface area contributed by atoms with Gasteiger partial charge in [-0.25, -0.2) is 8.42 Å². The highest BCUT2D eigenvalue weighted by Gasteiger charge is 2.39. The lowest BCUT2D eigenvalue weighted by atomic mass is 9.91. The maximum Gasteiger partial charge on any atom is 0.252 e. The lowest BCUT2D eigenvalue weighted by molar-refractivity contribution is -0.146. The van der Waals surface area contributed by atoms with Gasteiger partial charge < -0.3 is 15.4 Å². The van der Waals surface area contributed by atoms with Gasteiger partial charge in [-0.3, -0.25) is 4.79 Å². The van der Waals surface area contributed by atoms with Crippen molar-refractivity contribution in [3.63, 3.8) is 0 Å². The van der Waals surface area contributed by atoms with E-state index in [9.17, 15) is 13.2 Å². The average Bonchev–Trinajstić information content (AvgIpc) is 2.60. The number of rotatable bonds is 7. The number of hydrogen-bond donors (Lipinski definition) is 2. The quantitative estimate of drug-likeness (QED) is 0.715. The molecule has 0 atom stereocenters. The van der Waals surface area contributed by atoms with Gasteiger partial charge in [0.15, 0.2) is 9.84 Å². The highest BCUT2D eigenvalue weighted by atomic mass is 32.2. The van der Waals surface area contributed by atoms with E-state index in [1.807, 2.05) is 0 Å². The largest absolute Gasteiger partial charge is 0.368 e. The molecule has 1 aromatic rings. The molecule has 23 heavy (non-hydrogen) atoms. The maximum absolute atomic E-state index is 12.3. The number of amides is 1. The average molecular weight is 340 g/mol. The summed E-state index contributed by atoms with van der Waals surface area (Å²) in [6, 6.07) is 8.36. The molecule has 1 aliphatic heterocycles. The monoisotopic (exact) mass is 340 g/mol. The van der Waals surface area contributed by atoms with Gasteiger partial charge in [-0.1, -0.05) is 18.2 Å². The molecule has 1 heterocycles. The van der Waals surface area contributed by atoms with Gasteiger partial charge in [0.25, 0.3) is 5.91 Å². The highest BCUT2D eigenvalue weighted by Crippen LogP contribution is 2.22. The lowest BCUT2D eigenvalue weighted by Crippen LogP contribution is -2.54. The van der Waals surface area contributed by atoms with Crippen molar-refractivity contribution in [1.29, 1.82) is 0 Å². The Balaban J connectivity index is 1.82. The number of sulfone groups is 1. The first-order valence-corrected chi connectivity index (χ1v) is 9.47. The molecule has 0 aromatic heterocycles. The summed E-state index contributed by atoms with van der Waals surface area (Å²) >= 11 is 0. The first-order chi connectivity index (χ1) is 11.0. The van der Waals surface area contributed by atoms with Crippen molar-refractivity contribution < 1.29 is 17.9 Å².